The van der Waals surface area contributed by atoms with Crippen LogP contribution in [0.1, 0.15) is 19.5 Å². The minimum absolute atomic E-state index is 0.239. The second-order valence-electron chi connectivity index (χ2n) is 5.02. The van der Waals surface area contributed by atoms with Gasteiger partial charge < -0.3 is 5.73 Å². The molecule has 1 saturated heterocycles. The molecule has 1 aromatic rings. The van der Waals surface area contributed by atoms with Crippen molar-refractivity contribution in [2.45, 2.75) is 31.2 Å². The van der Waals surface area contributed by atoms with Gasteiger partial charge in [-0.05, 0) is 12.8 Å². The van der Waals surface area contributed by atoms with Gasteiger partial charge in [0.05, 0.1) is 11.9 Å². The largest absolute Gasteiger partial charge is 0.323 e. The highest BCUT2D eigenvalue weighted by molar-refractivity contribution is 7.89. The number of nitrogens with one attached hydrogen (secondary N) is 1. The lowest BCUT2D eigenvalue weighted by Crippen LogP contribution is -2.70. The minimum atomic E-state index is -3.43. The number of aryl methyl sites for hydroxylation is 1. The van der Waals surface area contributed by atoms with Crippen LogP contribution in [0.4, 0.5) is 0 Å². The van der Waals surface area contributed by atoms with Crippen molar-refractivity contribution in [3.05, 3.63) is 11.9 Å². The first kappa shape index (κ1) is 12.5. The zero-order valence-corrected chi connectivity index (χ0v) is 11.1. The molecule has 0 atom stereocenters. The van der Waals surface area contributed by atoms with Crippen LogP contribution in [0.15, 0.2) is 11.1 Å². The molecule has 0 saturated carbocycles. The van der Waals surface area contributed by atoms with Gasteiger partial charge in [0, 0.05) is 18.6 Å². The Balaban J connectivity index is 2.20. The summed E-state index contributed by atoms with van der Waals surface area (Å²) >= 11 is 0. The number of aromatic amines is 1. The van der Waals surface area contributed by atoms with Crippen LogP contribution in [-0.2, 0) is 10.0 Å². The summed E-state index contributed by atoms with van der Waals surface area (Å²) in [7, 11) is -3.43. The van der Waals surface area contributed by atoms with Crippen molar-refractivity contribution in [3.63, 3.8) is 0 Å². The number of sulfonamides is 1. The molecule has 6 nitrogen and oxygen atoms in total. The molecule has 17 heavy (non-hydrogen) atoms. The Bertz CT molecular complexity index is 514. The maximum absolute atomic E-state index is 12.2. The molecule has 0 unspecified atom stereocenters. The zero-order chi connectivity index (χ0) is 12.8. The summed E-state index contributed by atoms with van der Waals surface area (Å²) in [5, 5.41) is 6.37. The third-order valence-electron chi connectivity index (χ3n) is 3.49. The van der Waals surface area contributed by atoms with Gasteiger partial charge in [-0.25, -0.2) is 8.42 Å². The van der Waals surface area contributed by atoms with E-state index in [9.17, 15) is 8.42 Å². The summed E-state index contributed by atoms with van der Waals surface area (Å²) < 4.78 is 25.8. The maximum Gasteiger partial charge on any atom is 0.246 e. The topological polar surface area (TPSA) is 92.1 Å². The lowest BCUT2D eigenvalue weighted by Gasteiger charge is -2.49. The highest BCUT2D eigenvalue weighted by Gasteiger charge is 2.48. The van der Waals surface area contributed by atoms with Crippen molar-refractivity contribution in [1.82, 2.24) is 14.5 Å². The quantitative estimate of drug-likeness (QED) is 0.803. The first-order valence-corrected chi connectivity index (χ1v) is 7.00. The monoisotopic (exact) mass is 258 g/mol. The molecule has 1 aromatic heterocycles. The second-order valence-corrected chi connectivity index (χ2v) is 6.93. The summed E-state index contributed by atoms with van der Waals surface area (Å²) in [4.78, 5) is 0.239. The van der Waals surface area contributed by atoms with Gasteiger partial charge in [0.2, 0.25) is 10.0 Å². The van der Waals surface area contributed by atoms with Crippen LogP contribution in [0.2, 0.25) is 0 Å². The van der Waals surface area contributed by atoms with Crippen molar-refractivity contribution < 1.29 is 8.42 Å². The molecule has 2 rings (SSSR count). The van der Waals surface area contributed by atoms with Crippen molar-refractivity contribution in [2.75, 3.05) is 13.1 Å². The van der Waals surface area contributed by atoms with E-state index in [0.29, 0.717) is 18.8 Å². The number of H-pyrrole nitrogens is 1. The van der Waals surface area contributed by atoms with Crippen molar-refractivity contribution in [2.24, 2.45) is 11.7 Å². The fraction of sp³-hybridized carbons (Fsp3) is 0.700. The van der Waals surface area contributed by atoms with Gasteiger partial charge in [0.25, 0.3) is 0 Å². The predicted octanol–water partition coefficient (Wildman–Crippen LogP) is 0.0759. The lowest BCUT2D eigenvalue weighted by atomic mass is 9.82. The van der Waals surface area contributed by atoms with Crippen molar-refractivity contribution in [1.29, 1.82) is 0 Å². The van der Waals surface area contributed by atoms with E-state index in [0.717, 1.165) is 0 Å². The number of nitrogens with zero attached hydrogens (tertiary/aromatic N) is 2. The van der Waals surface area contributed by atoms with Crippen LogP contribution in [0.25, 0.3) is 0 Å². The molecule has 0 radical (unpaired) electrons. The number of hydrogen-bond donors (Lipinski definition) is 2. The first-order valence-electron chi connectivity index (χ1n) is 5.56. The van der Waals surface area contributed by atoms with E-state index < -0.39 is 15.6 Å². The van der Waals surface area contributed by atoms with Gasteiger partial charge in [-0.1, -0.05) is 13.8 Å². The van der Waals surface area contributed by atoms with Crippen LogP contribution in [0.3, 0.4) is 0 Å². The molecule has 3 N–H and O–H groups in total. The number of rotatable bonds is 3. The van der Waals surface area contributed by atoms with E-state index in [2.05, 4.69) is 10.2 Å². The Morgan fingerprint density at radius 2 is 2.12 bits per heavy atom. The number of aromatic nitrogens is 2. The Morgan fingerprint density at radius 1 is 1.53 bits per heavy atom. The number of hydrogen-bond acceptors (Lipinski definition) is 4. The van der Waals surface area contributed by atoms with Crippen LogP contribution >= 0.6 is 0 Å². The Morgan fingerprint density at radius 3 is 2.53 bits per heavy atom. The summed E-state index contributed by atoms with van der Waals surface area (Å²) in [6.45, 7) is 6.45. The molecule has 0 bridgehead atoms. The second kappa shape index (κ2) is 3.79. The van der Waals surface area contributed by atoms with E-state index in [-0.39, 0.29) is 10.8 Å². The van der Waals surface area contributed by atoms with Gasteiger partial charge >= 0.3 is 0 Å². The average Bonchev–Trinajstić information content (AvgIpc) is 2.59. The van der Waals surface area contributed by atoms with Crippen LogP contribution < -0.4 is 5.73 Å². The van der Waals surface area contributed by atoms with E-state index >= 15 is 0 Å². The average molecular weight is 258 g/mol. The summed E-state index contributed by atoms with van der Waals surface area (Å²) in [5.41, 5.74) is 6.26. The molecular formula is C10H18N4O2S. The summed E-state index contributed by atoms with van der Waals surface area (Å²) in [6, 6.07) is 0. The molecule has 2 heterocycles. The van der Waals surface area contributed by atoms with Crippen molar-refractivity contribution >= 4 is 10.0 Å². The summed E-state index contributed by atoms with van der Waals surface area (Å²) in [5.74, 6) is 0.263. The molecule has 0 aliphatic carbocycles. The van der Waals surface area contributed by atoms with Gasteiger partial charge in [0.15, 0.2) is 0 Å². The molecule has 1 aliphatic heterocycles. The Hall–Kier alpha value is -0.920. The molecule has 0 aromatic carbocycles. The van der Waals surface area contributed by atoms with Crippen LogP contribution in [-0.4, -0.2) is 41.5 Å². The third-order valence-corrected chi connectivity index (χ3v) is 5.40. The maximum atomic E-state index is 12.2. The Labute approximate surface area is 101 Å². The van der Waals surface area contributed by atoms with E-state index in [1.165, 1.54) is 10.5 Å². The minimum Gasteiger partial charge on any atom is -0.323 e. The van der Waals surface area contributed by atoms with Gasteiger partial charge in [0.1, 0.15) is 4.90 Å². The van der Waals surface area contributed by atoms with Crippen molar-refractivity contribution in [3.8, 4) is 0 Å². The SMILES string of the molecule is Cc1[nH]ncc1S(=O)(=O)N1CC(N)(C(C)C)C1. The molecule has 96 valence electrons. The Kier molecular flexibility index (Phi) is 2.80. The fourth-order valence-corrected chi connectivity index (χ4v) is 3.60. The highest BCUT2D eigenvalue weighted by Crippen LogP contribution is 2.31. The summed E-state index contributed by atoms with van der Waals surface area (Å²) in [6.07, 6.45) is 1.34. The first-order chi connectivity index (χ1) is 7.77. The molecule has 0 amide bonds. The molecule has 7 heteroatoms. The molecule has 1 fully saturated rings. The van der Waals surface area contributed by atoms with E-state index in [1.807, 2.05) is 13.8 Å². The van der Waals surface area contributed by atoms with Gasteiger partial charge in [-0.15, -0.1) is 0 Å². The van der Waals surface area contributed by atoms with E-state index in [1.54, 1.807) is 6.92 Å². The van der Waals surface area contributed by atoms with Gasteiger partial charge in [-0.2, -0.15) is 9.40 Å². The zero-order valence-electron chi connectivity index (χ0n) is 10.3. The molecular weight excluding hydrogens is 240 g/mol. The van der Waals surface area contributed by atoms with Gasteiger partial charge in [-0.3, -0.25) is 5.10 Å². The fourth-order valence-electron chi connectivity index (χ4n) is 1.88. The van der Waals surface area contributed by atoms with Crippen LogP contribution in [0, 0.1) is 12.8 Å². The lowest BCUT2D eigenvalue weighted by molar-refractivity contribution is 0.110. The smallest absolute Gasteiger partial charge is 0.246 e. The molecule has 0 spiro atoms. The predicted molar refractivity (Wildman–Crippen MR) is 63.8 cm³/mol. The van der Waals surface area contributed by atoms with E-state index in [4.69, 9.17) is 5.73 Å². The highest BCUT2D eigenvalue weighted by atomic mass is 32.2. The molecule has 1 aliphatic rings. The normalized spacial score (nSPS) is 20.5. The standard InChI is InChI=1S/C10H18N4O2S/c1-7(2)10(11)5-14(6-10)17(15,16)9-4-12-13-8(9)3/h4,7H,5-6,11H2,1-3H3,(H,12,13). The third kappa shape index (κ3) is 1.88. The number of nitrogens with two attached hydrogens (primary N) is 1. The van der Waals surface area contributed by atoms with Crippen LogP contribution in [0.5, 0.6) is 0 Å².